The zero-order chi connectivity index (χ0) is 23.7. The second-order valence-electron chi connectivity index (χ2n) is 10.9. The molecule has 1 rings (SSSR count). The highest BCUT2D eigenvalue weighted by Crippen LogP contribution is 2.36. The van der Waals surface area contributed by atoms with E-state index in [0.717, 1.165) is 29.7 Å². The third-order valence-corrected chi connectivity index (χ3v) is 5.22. The normalized spacial score (nSPS) is 12.1. The predicted molar refractivity (Wildman–Crippen MR) is 127 cm³/mol. The first kappa shape index (κ1) is 30.4. The largest absolute Gasteiger partial charge is 1.00 e. The molecule has 0 N–H and O–H groups in total. The highest BCUT2D eigenvalue weighted by molar-refractivity contribution is 5.86. The summed E-state index contributed by atoms with van der Waals surface area (Å²) in [5.41, 5.74) is 2.18. The lowest BCUT2D eigenvalue weighted by atomic mass is 9.72. The van der Waals surface area contributed by atoms with Crippen molar-refractivity contribution in [1.29, 1.82) is 0 Å². The Morgan fingerprint density at radius 3 is 2.03 bits per heavy atom. The Hall–Kier alpha value is -1.56. The van der Waals surface area contributed by atoms with Gasteiger partial charge >= 0.3 is 5.97 Å². The molecule has 0 spiro atoms. The number of halogens is 1. The molecule has 0 radical (unpaired) electrons. The van der Waals surface area contributed by atoms with E-state index in [-0.39, 0.29) is 23.8 Å². The van der Waals surface area contributed by atoms with Gasteiger partial charge in [-0.05, 0) is 41.9 Å². The van der Waals surface area contributed by atoms with Crippen LogP contribution in [0, 0.1) is 5.41 Å². The van der Waals surface area contributed by atoms with Gasteiger partial charge in [0.25, 0.3) is 0 Å². The Morgan fingerprint density at radius 2 is 1.50 bits per heavy atom. The maximum Gasteiger partial charge on any atom is 0.333 e. The maximum atomic E-state index is 11.4. The van der Waals surface area contributed by atoms with Crippen molar-refractivity contribution in [2.24, 2.45) is 5.41 Å². The number of quaternary nitrogens is 1. The summed E-state index contributed by atoms with van der Waals surface area (Å²) in [5.74, 6) is 0.536. The summed E-state index contributed by atoms with van der Waals surface area (Å²) in [6, 6.07) is 8.43. The van der Waals surface area contributed by atoms with Gasteiger partial charge in [0, 0.05) is 5.57 Å². The van der Waals surface area contributed by atoms with Gasteiger partial charge in [0.05, 0.1) is 27.3 Å². The molecule has 0 aliphatic heterocycles. The van der Waals surface area contributed by atoms with Crippen LogP contribution in [0.2, 0.25) is 0 Å². The lowest BCUT2D eigenvalue weighted by Gasteiger charge is -2.33. The number of nitrogens with zero attached hydrogens (tertiary/aromatic N) is 1. The number of ether oxygens (including phenoxy) is 3. The molecule has 32 heavy (non-hydrogen) atoms. The minimum Gasteiger partial charge on any atom is -1.00 e. The molecule has 1 aromatic rings. The molecule has 0 aliphatic carbocycles. The second-order valence-corrected chi connectivity index (χ2v) is 10.9. The summed E-state index contributed by atoms with van der Waals surface area (Å²) in [7, 11) is 4.19. The fourth-order valence-corrected chi connectivity index (χ4v) is 3.68. The molecule has 0 atom stereocenters. The molecule has 0 saturated heterocycles. The summed E-state index contributed by atoms with van der Waals surface area (Å²) >= 11 is 0. The van der Waals surface area contributed by atoms with Gasteiger partial charge in [-0.1, -0.05) is 53.3 Å². The maximum absolute atomic E-state index is 11.4. The molecule has 0 amide bonds. The van der Waals surface area contributed by atoms with Crippen LogP contribution in [0.15, 0.2) is 36.4 Å². The molecule has 0 saturated carbocycles. The van der Waals surface area contributed by atoms with Crippen molar-refractivity contribution in [1.82, 2.24) is 0 Å². The zero-order valence-electron chi connectivity index (χ0n) is 21.4. The minimum absolute atomic E-state index is 0. The highest BCUT2D eigenvalue weighted by Gasteiger charge is 2.27. The van der Waals surface area contributed by atoms with E-state index in [4.69, 9.17) is 14.2 Å². The molecule has 0 fully saturated rings. The lowest BCUT2D eigenvalue weighted by molar-refractivity contribution is -0.890. The average Bonchev–Trinajstić information content (AvgIpc) is 2.62. The van der Waals surface area contributed by atoms with Crippen LogP contribution in [0.1, 0.15) is 53.5 Å². The van der Waals surface area contributed by atoms with Gasteiger partial charge in [-0.15, -0.1) is 0 Å². The van der Waals surface area contributed by atoms with Gasteiger partial charge in [0.2, 0.25) is 0 Å². The number of hydrogen-bond acceptors (Lipinski definition) is 4. The molecule has 6 heteroatoms. The van der Waals surface area contributed by atoms with Crippen molar-refractivity contribution >= 4 is 5.97 Å². The van der Waals surface area contributed by atoms with Crippen LogP contribution in [-0.4, -0.2) is 64.1 Å². The van der Waals surface area contributed by atoms with Crippen LogP contribution in [-0.2, 0) is 19.7 Å². The Kier molecular flexibility index (Phi) is 12.6. The molecule has 0 unspecified atom stereocenters. The highest BCUT2D eigenvalue weighted by atomic mass is 35.5. The number of carbonyl (C=O) groups excluding carboxylic acids is 1. The summed E-state index contributed by atoms with van der Waals surface area (Å²) in [4.78, 5) is 11.4. The van der Waals surface area contributed by atoms with E-state index in [1.165, 1.54) is 5.56 Å². The third kappa shape index (κ3) is 12.5. The Bertz CT molecular complexity index is 706. The van der Waals surface area contributed by atoms with E-state index in [1.54, 1.807) is 6.92 Å². The zero-order valence-corrected chi connectivity index (χ0v) is 22.2. The van der Waals surface area contributed by atoms with E-state index >= 15 is 0 Å². The van der Waals surface area contributed by atoms with Crippen LogP contribution in [0.5, 0.6) is 5.75 Å². The van der Waals surface area contributed by atoms with E-state index in [0.29, 0.717) is 37.4 Å². The summed E-state index contributed by atoms with van der Waals surface area (Å²) < 4.78 is 17.4. The van der Waals surface area contributed by atoms with Gasteiger partial charge in [0.1, 0.15) is 32.1 Å². The number of esters is 1. The van der Waals surface area contributed by atoms with Gasteiger partial charge < -0.3 is 31.1 Å². The first-order chi connectivity index (χ1) is 14.2. The van der Waals surface area contributed by atoms with Gasteiger partial charge in [-0.25, -0.2) is 4.79 Å². The summed E-state index contributed by atoms with van der Waals surface area (Å²) in [6.07, 6.45) is 1.12. The number of carbonyl (C=O) groups is 1. The standard InChI is InChI=1S/C26H44NO4.ClH/c1-21(2)24(28)31-17-15-27(8,9)14-16-29-18-19-30-23-12-10-22(11-13-23)26(6,7)20-25(3,4)5;/h10-13H,1,14-20H2,2-9H3;1H/q+1;/p-1. The molecular formula is C26H44ClNO4. The monoisotopic (exact) mass is 469 g/mol. The molecular weight excluding hydrogens is 426 g/mol. The topological polar surface area (TPSA) is 44.8 Å². The SMILES string of the molecule is C=C(C)C(=O)OCC[N+](C)(C)CCOCCOc1ccc(C(C)(C)CC(C)(C)C)cc1.[Cl-]. The van der Waals surface area contributed by atoms with Crippen LogP contribution >= 0.6 is 0 Å². The fraction of sp³-hybridized carbons (Fsp3) is 0.654. The van der Waals surface area contributed by atoms with Crippen molar-refractivity contribution in [2.45, 2.75) is 53.4 Å². The van der Waals surface area contributed by atoms with Gasteiger partial charge in [-0.2, -0.15) is 0 Å². The van der Waals surface area contributed by atoms with Crippen molar-refractivity contribution in [3.8, 4) is 5.75 Å². The van der Waals surface area contributed by atoms with E-state index in [1.807, 2.05) is 12.1 Å². The van der Waals surface area contributed by atoms with Gasteiger partial charge in [-0.3, -0.25) is 0 Å². The quantitative estimate of drug-likeness (QED) is 0.192. The molecule has 184 valence electrons. The second kappa shape index (κ2) is 13.2. The number of benzene rings is 1. The van der Waals surface area contributed by atoms with Crippen LogP contribution in [0.4, 0.5) is 0 Å². The Morgan fingerprint density at radius 1 is 0.938 bits per heavy atom. The van der Waals surface area contributed by atoms with Crippen LogP contribution < -0.4 is 17.1 Å². The predicted octanol–water partition coefficient (Wildman–Crippen LogP) is 2.00. The van der Waals surface area contributed by atoms with E-state index in [9.17, 15) is 4.79 Å². The van der Waals surface area contributed by atoms with Crippen LogP contribution in [0.25, 0.3) is 0 Å². The number of hydrogen-bond donors (Lipinski definition) is 0. The minimum atomic E-state index is -0.334. The van der Waals surface area contributed by atoms with Crippen molar-refractivity contribution in [3.63, 3.8) is 0 Å². The van der Waals surface area contributed by atoms with E-state index in [2.05, 4.69) is 67.4 Å². The molecule has 0 aliphatic rings. The fourth-order valence-electron chi connectivity index (χ4n) is 3.68. The molecule has 0 aromatic heterocycles. The number of likely N-dealkylation sites (N-methyl/N-ethyl adjacent to an activating group) is 1. The molecule has 5 nitrogen and oxygen atoms in total. The Labute approximate surface area is 202 Å². The van der Waals surface area contributed by atoms with Crippen molar-refractivity contribution < 1.29 is 35.9 Å². The molecule has 1 aromatic carbocycles. The molecule has 0 heterocycles. The lowest BCUT2D eigenvalue weighted by Crippen LogP contribution is -3.00. The molecule has 0 bridgehead atoms. The Balaban J connectivity index is 0.00000961. The number of rotatable bonds is 13. The summed E-state index contributed by atoms with van der Waals surface area (Å²) in [5, 5.41) is 0. The smallest absolute Gasteiger partial charge is 0.333 e. The first-order valence-electron chi connectivity index (χ1n) is 11.2. The first-order valence-corrected chi connectivity index (χ1v) is 11.2. The van der Waals surface area contributed by atoms with Crippen molar-refractivity contribution in [3.05, 3.63) is 42.0 Å². The third-order valence-electron chi connectivity index (χ3n) is 5.22. The average molecular weight is 470 g/mol. The van der Waals surface area contributed by atoms with Crippen molar-refractivity contribution in [2.75, 3.05) is 53.6 Å². The summed E-state index contributed by atoms with van der Waals surface area (Å²) in [6.45, 7) is 20.3. The van der Waals surface area contributed by atoms with Gasteiger partial charge in [0.15, 0.2) is 0 Å². The van der Waals surface area contributed by atoms with Crippen LogP contribution in [0.3, 0.4) is 0 Å². The van der Waals surface area contributed by atoms with E-state index < -0.39 is 0 Å².